The molecule has 136 valence electrons. The van der Waals surface area contributed by atoms with Crippen molar-refractivity contribution in [2.24, 2.45) is 0 Å². The maximum atomic E-state index is 11.6. The van der Waals surface area contributed by atoms with E-state index in [2.05, 4.69) is 24.4 Å². The molecule has 0 aromatic heterocycles. The van der Waals surface area contributed by atoms with E-state index in [1.54, 1.807) is 13.8 Å². The summed E-state index contributed by atoms with van der Waals surface area (Å²) in [6, 6.07) is 0. The summed E-state index contributed by atoms with van der Waals surface area (Å²) in [5, 5.41) is 11.9. The molecule has 0 aliphatic rings. The molecule has 0 rings (SSSR count). The minimum atomic E-state index is -0.569. The van der Waals surface area contributed by atoms with Crippen LogP contribution in [-0.2, 0) is 29.9 Å². The molecular formula is C16H32NO5S+. The molecule has 0 aliphatic heterocycles. The SMILES string of the molecule is C=C(C)C(=O)OC(COCCC[S+](C)C)COCCNC(C)O. The number of carbonyl (C=O) groups is 1. The molecule has 0 aromatic carbocycles. The predicted octanol–water partition coefficient (Wildman–Crippen LogP) is 0.703. The summed E-state index contributed by atoms with van der Waals surface area (Å²) >= 11 is 0. The molecule has 0 amide bonds. The van der Waals surface area contributed by atoms with Gasteiger partial charge in [-0.25, -0.2) is 4.79 Å². The molecule has 0 spiro atoms. The molecule has 6 nitrogen and oxygen atoms in total. The molecule has 0 aromatic rings. The van der Waals surface area contributed by atoms with E-state index in [-0.39, 0.29) is 6.61 Å². The Labute approximate surface area is 142 Å². The first-order valence-corrected chi connectivity index (χ1v) is 10.0. The van der Waals surface area contributed by atoms with Gasteiger partial charge in [-0.2, -0.15) is 0 Å². The molecule has 0 saturated carbocycles. The summed E-state index contributed by atoms with van der Waals surface area (Å²) in [6.07, 6.45) is 4.38. The van der Waals surface area contributed by atoms with E-state index in [1.807, 2.05) is 0 Å². The van der Waals surface area contributed by atoms with E-state index >= 15 is 0 Å². The Kier molecular flexibility index (Phi) is 13.4. The van der Waals surface area contributed by atoms with Gasteiger partial charge >= 0.3 is 5.97 Å². The standard InChI is InChI=1S/C16H32NO5S/c1-13(2)16(19)22-15(11-20-8-6-10-23(4)5)12-21-9-7-17-14(3)18/h14-15,17-18H,1,6-12H2,2-5H3/q+1. The molecule has 0 radical (unpaired) electrons. The molecule has 0 bridgehead atoms. The fourth-order valence-electron chi connectivity index (χ4n) is 1.59. The van der Waals surface area contributed by atoms with Crippen LogP contribution in [0.4, 0.5) is 0 Å². The number of esters is 1. The Balaban J connectivity index is 4.03. The van der Waals surface area contributed by atoms with Crippen molar-refractivity contribution in [1.29, 1.82) is 0 Å². The van der Waals surface area contributed by atoms with Gasteiger partial charge in [0.05, 0.1) is 38.9 Å². The minimum Gasteiger partial charge on any atom is -0.454 e. The summed E-state index contributed by atoms with van der Waals surface area (Å²) in [7, 11) is 0.415. The minimum absolute atomic E-state index is 0.256. The summed E-state index contributed by atoms with van der Waals surface area (Å²) in [6.45, 7) is 8.98. The van der Waals surface area contributed by atoms with Gasteiger partial charge in [-0.3, -0.25) is 5.32 Å². The number of carbonyl (C=O) groups excluding carboxylic acids is 1. The Morgan fingerprint density at radius 2 is 1.87 bits per heavy atom. The maximum Gasteiger partial charge on any atom is 0.333 e. The van der Waals surface area contributed by atoms with Crippen LogP contribution < -0.4 is 5.32 Å². The zero-order chi connectivity index (χ0) is 17.7. The highest BCUT2D eigenvalue weighted by Crippen LogP contribution is 2.02. The van der Waals surface area contributed by atoms with Crippen LogP contribution in [0.3, 0.4) is 0 Å². The highest BCUT2D eigenvalue weighted by molar-refractivity contribution is 7.95. The van der Waals surface area contributed by atoms with Crippen molar-refractivity contribution < 1.29 is 24.1 Å². The molecule has 2 unspecified atom stereocenters. The molecule has 0 fully saturated rings. The lowest BCUT2D eigenvalue weighted by Gasteiger charge is -2.18. The number of aliphatic hydroxyl groups is 1. The number of aliphatic hydroxyl groups excluding tert-OH is 1. The summed E-state index contributed by atoms with van der Waals surface area (Å²) in [5.74, 6) is 0.700. The number of ether oxygens (including phenoxy) is 3. The Bertz CT molecular complexity index is 318. The third-order valence-corrected chi connectivity index (χ3v) is 3.86. The lowest BCUT2D eigenvalue weighted by atomic mass is 10.3. The van der Waals surface area contributed by atoms with E-state index in [0.29, 0.717) is 42.8 Å². The van der Waals surface area contributed by atoms with Crippen LogP contribution in [0.25, 0.3) is 0 Å². The van der Waals surface area contributed by atoms with Crippen LogP contribution in [0.15, 0.2) is 12.2 Å². The van der Waals surface area contributed by atoms with Crippen molar-refractivity contribution >= 4 is 16.9 Å². The van der Waals surface area contributed by atoms with Gasteiger partial charge in [-0.15, -0.1) is 0 Å². The summed E-state index contributed by atoms with van der Waals surface area (Å²) in [4.78, 5) is 11.6. The van der Waals surface area contributed by atoms with Crippen LogP contribution in [0.1, 0.15) is 20.3 Å². The van der Waals surface area contributed by atoms with Gasteiger partial charge in [0.25, 0.3) is 0 Å². The zero-order valence-corrected chi connectivity index (χ0v) is 15.6. The van der Waals surface area contributed by atoms with Gasteiger partial charge in [0.15, 0.2) is 0 Å². The molecule has 23 heavy (non-hydrogen) atoms. The second-order valence-electron chi connectivity index (χ2n) is 5.63. The average Bonchev–Trinajstić information content (AvgIpc) is 2.45. The van der Waals surface area contributed by atoms with Crippen LogP contribution in [0.5, 0.6) is 0 Å². The van der Waals surface area contributed by atoms with Gasteiger partial charge in [-0.1, -0.05) is 6.58 Å². The molecule has 2 atom stereocenters. The van der Waals surface area contributed by atoms with Gasteiger partial charge in [0.1, 0.15) is 18.1 Å². The number of hydrogen-bond acceptors (Lipinski definition) is 6. The van der Waals surface area contributed by atoms with Crippen LogP contribution in [0, 0.1) is 0 Å². The molecule has 7 heteroatoms. The monoisotopic (exact) mass is 350 g/mol. The van der Waals surface area contributed by atoms with Crippen LogP contribution in [0.2, 0.25) is 0 Å². The number of nitrogens with one attached hydrogen (secondary N) is 1. The van der Waals surface area contributed by atoms with Gasteiger partial charge in [0, 0.05) is 18.5 Å². The fourth-order valence-corrected chi connectivity index (χ4v) is 2.28. The van der Waals surface area contributed by atoms with Crippen molar-refractivity contribution in [3.8, 4) is 0 Å². The highest BCUT2D eigenvalue weighted by atomic mass is 32.2. The summed E-state index contributed by atoms with van der Waals surface area (Å²) in [5.41, 5.74) is 0.353. The normalized spacial score (nSPS) is 13.8. The first-order valence-electron chi connectivity index (χ1n) is 7.80. The van der Waals surface area contributed by atoms with Gasteiger partial charge in [0.2, 0.25) is 0 Å². The third kappa shape index (κ3) is 14.7. The quantitative estimate of drug-likeness (QED) is 0.158. The largest absolute Gasteiger partial charge is 0.454 e. The Morgan fingerprint density at radius 1 is 1.26 bits per heavy atom. The molecule has 2 N–H and O–H groups in total. The molecule has 0 saturated heterocycles. The lowest BCUT2D eigenvalue weighted by molar-refractivity contribution is -0.151. The lowest BCUT2D eigenvalue weighted by Crippen LogP contribution is -2.32. The van der Waals surface area contributed by atoms with E-state index < -0.39 is 18.3 Å². The molecule has 0 heterocycles. The molecule has 0 aliphatic carbocycles. The average molecular weight is 351 g/mol. The first kappa shape index (κ1) is 22.4. The first-order chi connectivity index (χ1) is 10.8. The van der Waals surface area contributed by atoms with Gasteiger partial charge < -0.3 is 19.3 Å². The summed E-state index contributed by atoms with van der Waals surface area (Å²) < 4.78 is 16.4. The van der Waals surface area contributed by atoms with Crippen LogP contribution >= 0.6 is 0 Å². The van der Waals surface area contributed by atoms with Crippen molar-refractivity contribution in [2.45, 2.75) is 32.6 Å². The van der Waals surface area contributed by atoms with E-state index in [1.165, 1.54) is 0 Å². The van der Waals surface area contributed by atoms with Crippen molar-refractivity contribution in [2.75, 3.05) is 51.2 Å². The number of rotatable bonds is 14. The Morgan fingerprint density at radius 3 is 2.39 bits per heavy atom. The second kappa shape index (κ2) is 13.8. The van der Waals surface area contributed by atoms with Crippen LogP contribution in [-0.4, -0.2) is 74.6 Å². The van der Waals surface area contributed by atoms with Crippen molar-refractivity contribution in [3.63, 3.8) is 0 Å². The predicted molar refractivity (Wildman–Crippen MR) is 94.7 cm³/mol. The highest BCUT2D eigenvalue weighted by Gasteiger charge is 2.16. The van der Waals surface area contributed by atoms with E-state index in [0.717, 1.165) is 12.2 Å². The zero-order valence-electron chi connectivity index (χ0n) is 14.8. The second-order valence-corrected chi connectivity index (χ2v) is 8.01. The number of hydrogen-bond donors (Lipinski definition) is 2. The van der Waals surface area contributed by atoms with Gasteiger partial charge in [-0.05, 0) is 24.7 Å². The van der Waals surface area contributed by atoms with Crippen molar-refractivity contribution in [3.05, 3.63) is 12.2 Å². The topological polar surface area (TPSA) is 77.0 Å². The van der Waals surface area contributed by atoms with E-state index in [9.17, 15) is 4.79 Å². The third-order valence-electron chi connectivity index (χ3n) is 2.76. The molecular weight excluding hydrogens is 318 g/mol. The van der Waals surface area contributed by atoms with E-state index in [4.69, 9.17) is 19.3 Å². The fraction of sp³-hybridized carbons (Fsp3) is 0.812. The smallest absolute Gasteiger partial charge is 0.333 e. The maximum absolute atomic E-state index is 11.6. The Hall–Kier alpha value is -0.600. The van der Waals surface area contributed by atoms with Crippen molar-refractivity contribution in [1.82, 2.24) is 5.32 Å².